The van der Waals surface area contributed by atoms with E-state index in [-0.39, 0.29) is 24.1 Å². The van der Waals surface area contributed by atoms with E-state index < -0.39 is 6.04 Å². The molecule has 3 unspecified atom stereocenters. The Labute approximate surface area is 165 Å². The molecule has 1 aromatic rings. The van der Waals surface area contributed by atoms with Crippen LogP contribution in [0, 0.1) is 11.8 Å². The molecule has 3 aliphatic rings. The summed E-state index contributed by atoms with van der Waals surface area (Å²) in [5.74, 6) is 0.439. The van der Waals surface area contributed by atoms with Crippen molar-refractivity contribution in [3.63, 3.8) is 0 Å². The van der Waals surface area contributed by atoms with Gasteiger partial charge in [-0.05, 0) is 55.0 Å². The van der Waals surface area contributed by atoms with E-state index in [0.29, 0.717) is 30.4 Å². The van der Waals surface area contributed by atoms with Crippen LogP contribution in [0.5, 0.6) is 0 Å². The van der Waals surface area contributed by atoms with E-state index in [1.165, 1.54) is 0 Å². The molecule has 4 rings (SSSR count). The van der Waals surface area contributed by atoms with Gasteiger partial charge in [0.25, 0.3) is 5.91 Å². The highest BCUT2D eigenvalue weighted by atomic mass is 16.2. The maximum Gasteiger partial charge on any atom is 0.255 e. The number of nitrogens with one attached hydrogen (secondary N) is 1. The Morgan fingerprint density at radius 3 is 2.75 bits per heavy atom. The number of amides is 3. The van der Waals surface area contributed by atoms with Gasteiger partial charge < -0.3 is 10.6 Å². The standard InChI is InChI=1S/C21H28N4O3/c1-13-10-24(7-6-15(13)9-22)11-14-2-3-16-12-25(21(28)17(16)8-14)18-4-5-19(26)23-20(18)27/h2-3,8,13,15,18H,4-7,9-12,22H2,1H3,(H,23,26,27). The molecule has 3 atom stereocenters. The zero-order valence-corrected chi connectivity index (χ0v) is 16.3. The monoisotopic (exact) mass is 384 g/mol. The van der Waals surface area contributed by atoms with Gasteiger partial charge >= 0.3 is 0 Å². The lowest BCUT2D eigenvalue weighted by molar-refractivity contribution is -0.136. The highest BCUT2D eigenvalue weighted by molar-refractivity contribution is 6.05. The van der Waals surface area contributed by atoms with Crippen LogP contribution in [-0.2, 0) is 22.7 Å². The molecule has 1 aromatic carbocycles. The molecule has 0 spiro atoms. The van der Waals surface area contributed by atoms with E-state index in [4.69, 9.17) is 5.73 Å². The number of nitrogens with zero attached hydrogens (tertiary/aromatic N) is 2. The number of nitrogens with two attached hydrogens (primary N) is 1. The lowest BCUT2D eigenvalue weighted by Gasteiger charge is -2.36. The van der Waals surface area contributed by atoms with Crippen molar-refractivity contribution >= 4 is 17.7 Å². The number of carbonyl (C=O) groups is 3. The van der Waals surface area contributed by atoms with Gasteiger partial charge in [-0.2, -0.15) is 0 Å². The molecule has 7 nitrogen and oxygen atoms in total. The van der Waals surface area contributed by atoms with Crippen molar-refractivity contribution in [3.8, 4) is 0 Å². The predicted molar refractivity (Wildman–Crippen MR) is 104 cm³/mol. The SMILES string of the molecule is CC1CN(Cc2ccc3c(c2)C(=O)N(C2CCC(=O)NC2=O)C3)CCC1CN. The van der Waals surface area contributed by atoms with Crippen LogP contribution in [0.2, 0.25) is 0 Å². The lowest BCUT2D eigenvalue weighted by Crippen LogP contribution is -2.52. The van der Waals surface area contributed by atoms with Crippen molar-refractivity contribution in [2.24, 2.45) is 17.6 Å². The van der Waals surface area contributed by atoms with Crippen LogP contribution >= 0.6 is 0 Å². The molecule has 3 N–H and O–H groups in total. The van der Waals surface area contributed by atoms with E-state index in [0.717, 1.165) is 43.7 Å². The molecule has 3 heterocycles. The first-order valence-corrected chi connectivity index (χ1v) is 10.1. The summed E-state index contributed by atoms with van der Waals surface area (Å²) in [4.78, 5) is 40.5. The number of imide groups is 1. The summed E-state index contributed by atoms with van der Waals surface area (Å²) in [5, 5.41) is 2.34. The second kappa shape index (κ2) is 7.64. The average molecular weight is 384 g/mol. The third kappa shape index (κ3) is 3.56. The smallest absolute Gasteiger partial charge is 0.255 e. The van der Waals surface area contributed by atoms with Gasteiger partial charge in [0.15, 0.2) is 0 Å². The summed E-state index contributed by atoms with van der Waals surface area (Å²) in [7, 11) is 0. The van der Waals surface area contributed by atoms with E-state index in [9.17, 15) is 14.4 Å². The topological polar surface area (TPSA) is 95.7 Å². The third-order valence-corrected chi connectivity index (χ3v) is 6.47. The van der Waals surface area contributed by atoms with E-state index in [1.54, 1.807) is 4.90 Å². The summed E-state index contributed by atoms with van der Waals surface area (Å²) >= 11 is 0. The molecule has 7 heteroatoms. The Kier molecular flexibility index (Phi) is 5.21. The number of piperidine rings is 2. The highest BCUT2D eigenvalue weighted by Gasteiger charge is 2.39. The Balaban J connectivity index is 1.44. The van der Waals surface area contributed by atoms with Crippen molar-refractivity contribution in [1.82, 2.24) is 15.1 Å². The van der Waals surface area contributed by atoms with Gasteiger partial charge in [-0.25, -0.2) is 0 Å². The summed E-state index contributed by atoms with van der Waals surface area (Å²) in [5.41, 5.74) is 8.61. The molecule has 3 amide bonds. The summed E-state index contributed by atoms with van der Waals surface area (Å²) in [6.45, 7) is 6.31. The first-order valence-electron chi connectivity index (χ1n) is 10.1. The van der Waals surface area contributed by atoms with Crippen molar-refractivity contribution in [1.29, 1.82) is 0 Å². The van der Waals surface area contributed by atoms with Gasteiger partial charge in [0.05, 0.1) is 0 Å². The Bertz CT molecular complexity index is 809. The van der Waals surface area contributed by atoms with Crippen molar-refractivity contribution in [2.45, 2.75) is 45.3 Å². The van der Waals surface area contributed by atoms with Crippen molar-refractivity contribution in [2.75, 3.05) is 19.6 Å². The number of fused-ring (bicyclic) bond motifs is 1. The molecule has 0 saturated carbocycles. The first kappa shape index (κ1) is 19.1. The van der Waals surface area contributed by atoms with Gasteiger partial charge in [0.1, 0.15) is 6.04 Å². The van der Waals surface area contributed by atoms with Crippen LogP contribution in [0.4, 0.5) is 0 Å². The van der Waals surface area contributed by atoms with Gasteiger partial charge in [0, 0.05) is 31.6 Å². The molecule has 0 radical (unpaired) electrons. The largest absolute Gasteiger partial charge is 0.330 e. The predicted octanol–water partition coefficient (Wildman–Crippen LogP) is 0.864. The minimum atomic E-state index is -0.558. The minimum absolute atomic E-state index is 0.110. The Hall–Kier alpha value is -2.25. The number of carbonyl (C=O) groups excluding carboxylic acids is 3. The molecule has 28 heavy (non-hydrogen) atoms. The van der Waals surface area contributed by atoms with Gasteiger partial charge in [-0.3, -0.25) is 24.6 Å². The zero-order chi connectivity index (χ0) is 19.8. The normalized spacial score (nSPS) is 28.4. The summed E-state index contributed by atoms with van der Waals surface area (Å²) < 4.78 is 0. The van der Waals surface area contributed by atoms with Gasteiger partial charge in [0.2, 0.25) is 11.8 Å². The number of likely N-dealkylation sites (tertiary alicyclic amines) is 1. The maximum atomic E-state index is 12.9. The quantitative estimate of drug-likeness (QED) is 0.751. The third-order valence-electron chi connectivity index (χ3n) is 6.47. The van der Waals surface area contributed by atoms with Crippen LogP contribution in [0.25, 0.3) is 0 Å². The summed E-state index contributed by atoms with van der Waals surface area (Å²) in [6.07, 6.45) is 1.79. The number of benzene rings is 1. The van der Waals surface area contributed by atoms with Crippen molar-refractivity contribution in [3.05, 3.63) is 34.9 Å². The molecule has 0 bridgehead atoms. The van der Waals surface area contributed by atoms with Crippen LogP contribution in [0.15, 0.2) is 18.2 Å². The fourth-order valence-corrected chi connectivity index (χ4v) is 4.73. The van der Waals surface area contributed by atoms with E-state index >= 15 is 0 Å². The van der Waals surface area contributed by atoms with E-state index in [1.807, 2.05) is 12.1 Å². The zero-order valence-electron chi connectivity index (χ0n) is 16.3. The molecule has 2 saturated heterocycles. The molecule has 0 aromatic heterocycles. The van der Waals surface area contributed by atoms with Crippen LogP contribution in [0.1, 0.15) is 47.7 Å². The van der Waals surface area contributed by atoms with Crippen LogP contribution in [-0.4, -0.2) is 53.2 Å². The number of hydrogen-bond acceptors (Lipinski definition) is 5. The fourth-order valence-electron chi connectivity index (χ4n) is 4.73. The van der Waals surface area contributed by atoms with Gasteiger partial charge in [-0.15, -0.1) is 0 Å². The van der Waals surface area contributed by atoms with Crippen LogP contribution in [0.3, 0.4) is 0 Å². The highest BCUT2D eigenvalue weighted by Crippen LogP contribution is 2.29. The average Bonchev–Trinajstić information content (AvgIpc) is 2.98. The molecule has 3 aliphatic heterocycles. The molecular formula is C21H28N4O3. The van der Waals surface area contributed by atoms with Crippen LogP contribution < -0.4 is 11.1 Å². The molecule has 2 fully saturated rings. The molecule has 0 aliphatic carbocycles. The Morgan fingerprint density at radius 1 is 1.21 bits per heavy atom. The minimum Gasteiger partial charge on any atom is -0.330 e. The lowest BCUT2D eigenvalue weighted by atomic mass is 9.87. The maximum absolute atomic E-state index is 12.9. The number of rotatable bonds is 4. The first-order chi connectivity index (χ1) is 13.5. The summed E-state index contributed by atoms with van der Waals surface area (Å²) in [6, 6.07) is 5.50. The molecule has 150 valence electrons. The molecular weight excluding hydrogens is 356 g/mol. The Morgan fingerprint density at radius 2 is 2.04 bits per heavy atom. The van der Waals surface area contributed by atoms with Gasteiger partial charge in [-0.1, -0.05) is 19.1 Å². The van der Waals surface area contributed by atoms with Crippen molar-refractivity contribution < 1.29 is 14.4 Å². The fraction of sp³-hybridized carbons (Fsp3) is 0.571. The second-order valence-electron chi connectivity index (χ2n) is 8.39. The number of hydrogen-bond donors (Lipinski definition) is 2. The van der Waals surface area contributed by atoms with E-state index in [2.05, 4.69) is 23.2 Å². The second-order valence-corrected chi connectivity index (χ2v) is 8.39.